The van der Waals surface area contributed by atoms with Gasteiger partial charge in [-0.1, -0.05) is 32.9 Å². The number of benzene rings is 1. The molecule has 1 saturated heterocycles. The van der Waals surface area contributed by atoms with Crippen molar-refractivity contribution in [2.45, 2.75) is 49.3 Å². The van der Waals surface area contributed by atoms with Crippen molar-refractivity contribution in [3.05, 3.63) is 29.8 Å². The molecule has 0 radical (unpaired) electrons. The van der Waals surface area contributed by atoms with Gasteiger partial charge in [0, 0.05) is 4.90 Å². The first-order chi connectivity index (χ1) is 7.55. The molecule has 88 valence electrons. The number of nitrogens with one attached hydrogen (secondary N) is 1. The molecule has 1 atom stereocenters. The van der Waals surface area contributed by atoms with Gasteiger partial charge >= 0.3 is 0 Å². The van der Waals surface area contributed by atoms with Crippen molar-refractivity contribution in [3.8, 4) is 0 Å². The number of hydrogen-bond donors (Lipinski definition) is 1. The normalized spacial score (nSPS) is 21.3. The molecule has 0 aliphatic carbocycles. The Morgan fingerprint density at radius 1 is 1.19 bits per heavy atom. The van der Waals surface area contributed by atoms with Crippen LogP contribution in [0.4, 0.5) is 0 Å². The fraction of sp³-hybridized carbons (Fsp3) is 0.571. The lowest BCUT2D eigenvalue weighted by Crippen LogP contribution is -2.16. The van der Waals surface area contributed by atoms with Gasteiger partial charge in [-0.25, -0.2) is 0 Å². The third-order valence-corrected chi connectivity index (χ3v) is 4.24. The molecule has 1 fully saturated rings. The summed E-state index contributed by atoms with van der Waals surface area (Å²) in [5.41, 5.74) is 1.67. The maximum atomic E-state index is 3.51. The summed E-state index contributed by atoms with van der Waals surface area (Å²) in [5.74, 6) is 0. The minimum atomic E-state index is 0.259. The summed E-state index contributed by atoms with van der Waals surface area (Å²) in [6.45, 7) is 7.95. The molecule has 1 aromatic carbocycles. The van der Waals surface area contributed by atoms with Crippen LogP contribution in [-0.4, -0.2) is 11.9 Å². The second kappa shape index (κ2) is 4.80. The molecule has 0 amide bonds. The van der Waals surface area contributed by atoms with E-state index in [4.69, 9.17) is 0 Å². The van der Waals surface area contributed by atoms with E-state index in [0.29, 0.717) is 5.37 Å². The van der Waals surface area contributed by atoms with Crippen LogP contribution in [0.2, 0.25) is 0 Å². The zero-order valence-corrected chi connectivity index (χ0v) is 11.2. The van der Waals surface area contributed by atoms with E-state index in [9.17, 15) is 0 Å². The first-order valence-electron chi connectivity index (χ1n) is 6.06. The van der Waals surface area contributed by atoms with Crippen LogP contribution >= 0.6 is 11.8 Å². The van der Waals surface area contributed by atoms with Gasteiger partial charge in [0.05, 0.1) is 5.37 Å². The van der Waals surface area contributed by atoms with Crippen LogP contribution < -0.4 is 5.32 Å². The average molecular weight is 235 g/mol. The molecule has 1 heterocycles. The summed E-state index contributed by atoms with van der Waals surface area (Å²) in [5, 5.41) is 4.14. The van der Waals surface area contributed by atoms with E-state index in [2.05, 4.69) is 50.4 Å². The van der Waals surface area contributed by atoms with Crippen molar-refractivity contribution in [1.82, 2.24) is 5.32 Å². The topological polar surface area (TPSA) is 12.0 Å². The molecular weight excluding hydrogens is 214 g/mol. The summed E-state index contributed by atoms with van der Waals surface area (Å²) in [6, 6.07) is 9.03. The molecule has 16 heavy (non-hydrogen) atoms. The summed E-state index contributed by atoms with van der Waals surface area (Å²) in [4.78, 5) is 1.38. The Hall–Kier alpha value is -0.470. The molecule has 1 N–H and O–H groups in total. The van der Waals surface area contributed by atoms with Gasteiger partial charge in [0.25, 0.3) is 0 Å². The third kappa shape index (κ3) is 3.02. The number of thioether (sulfide) groups is 1. The van der Waals surface area contributed by atoms with Crippen LogP contribution in [0.15, 0.2) is 29.2 Å². The van der Waals surface area contributed by atoms with Crippen LogP contribution in [0.3, 0.4) is 0 Å². The van der Waals surface area contributed by atoms with Crippen LogP contribution in [0.25, 0.3) is 0 Å². The second-order valence-corrected chi connectivity index (χ2v) is 6.75. The maximum absolute atomic E-state index is 3.51. The summed E-state index contributed by atoms with van der Waals surface area (Å²) in [7, 11) is 0. The molecule has 0 bridgehead atoms. The Kier molecular flexibility index (Phi) is 3.60. The van der Waals surface area contributed by atoms with Gasteiger partial charge in [-0.2, -0.15) is 0 Å². The molecule has 1 aromatic rings. The maximum Gasteiger partial charge on any atom is 0.0580 e. The van der Waals surface area contributed by atoms with Gasteiger partial charge in [-0.3, -0.25) is 0 Å². The molecule has 0 saturated carbocycles. The van der Waals surface area contributed by atoms with E-state index in [1.54, 1.807) is 0 Å². The van der Waals surface area contributed by atoms with E-state index >= 15 is 0 Å². The van der Waals surface area contributed by atoms with Crippen molar-refractivity contribution < 1.29 is 0 Å². The van der Waals surface area contributed by atoms with E-state index in [-0.39, 0.29) is 5.41 Å². The van der Waals surface area contributed by atoms with Crippen LogP contribution in [0.5, 0.6) is 0 Å². The minimum absolute atomic E-state index is 0.259. The Balaban J connectivity index is 2.01. The van der Waals surface area contributed by atoms with Crippen LogP contribution in [0.1, 0.15) is 39.2 Å². The van der Waals surface area contributed by atoms with E-state index in [0.717, 1.165) is 0 Å². The Labute approximate surface area is 103 Å². The smallest absolute Gasteiger partial charge is 0.0580 e. The highest BCUT2D eigenvalue weighted by molar-refractivity contribution is 7.99. The second-order valence-electron chi connectivity index (χ2n) is 5.48. The van der Waals surface area contributed by atoms with Crippen molar-refractivity contribution >= 4 is 11.8 Å². The molecule has 0 spiro atoms. The molecule has 0 aromatic heterocycles. The van der Waals surface area contributed by atoms with Crippen molar-refractivity contribution in [2.75, 3.05) is 6.54 Å². The van der Waals surface area contributed by atoms with Gasteiger partial charge in [0.1, 0.15) is 0 Å². The van der Waals surface area contributed by atoms with Gasteiger partial charge in [0.2, 0.25) is 0 Å². The summed E-state index contributed by atoms with van der Waals surface area (Å²) < 4.78 is 0. The molecule has 2 heteroatoms. The zero-order chi connectivity index (χ0) is 11.6. The average Bonchev–Trinajstić information content (AvgIpc) is 2.70. The van der Waals surface area contributed by atoms with Crippen LogP contribution in [-0.2, 0) is 5.41 Å². The number of hydrogen-bond acceptors (Lipinski definition) is 2. The highest BCUT2D eigenvalue weighted by Gasteiger charge is 2.16. The Morgan fingerprint density at radius 3 is 2.38 bits per heavy atom. The molecule has 2 rings (SSSR count). The first-order valence-corrected chi connectivity index (χ1v) is 6.94. The van der Waals surface area contributed by atoms with Gasteiger partial charge in [-0.15, -0.1) is 11.8 Å². The minimum Gasteiger partial charge on any atom is -0.305 e. The third-order valence-electron chi connectivity index (χ3n) is 3.01. The Bertz CT molecular complexity index is 331. The fourth-order valence-corrected chi connectivity index (χ4v) is 3.06. The van der Waals surface area contributed by atoms with Crippen LogP contribution in [0, 0.1) is 0 Å². The summed E-state index contributed by atoms with van der Waals surface area (Å²) in [6.07, 6.45) is 2.61. The SMILES string of the molecule is CC(C)(C)c1ccc(SC2CCCN2)cc1. The zero-order valence-electron chi connectivity index (χ0n) is 10.4. The predicted molar refractivity (Wildman–Crippen MR) is 72.0 cm³/mol. The highest BCUT2D eigenvalue weighted by atomic mass is 32.2. The van der Waals surface area contributed by atoms with Gasteiger partial charge in [0.15, 0.2) is 0 Å². The molecule has 1 nitrogen and oxygen atoms in total. The van der Waals surface area contributed by atoms with E-state index in [1.165, 1.54) is 29.8 Å². The highest BCUT2D eigenvalue weighted by Crippen LogP contribution is 2.29. The quantitative estimate of drug-likeness (QED) is 0.837. The fourth-order valence-electron chi connectivity index (χ4n) is 1.95. The lowest BCUT2D eigenvalue weighted by molar-refractivity contribution is 0.589. The largest absolute Gasteiger partial charge is 0.305 e. The molecular formula is C14H21NS. The lowest BCUT2D eigenvalue weighted by Gasteiger charge is -2.19. The monoisotopic (exact) mass is 235 g/mol. The predicted octanol–water partition coefficient (Wildman–Crippen LogP) is 3.79. The molecule has 1 unspecified atom stereocenters. The standard InChI is InChI=1S/C14H21NS/c1-14(2,3)11-6-8-12(9-7-11)16-13-5-4-10-15-13/h6-9,13,15H,4-5,10H2,1-3H3. The summed E-state index contributed by atoms with van der Waals surface area (Å²) >= 11 is 1.96. The van der Waals surface area contributed by atoms with Crippen molar-refractivity contribution in [2.24, 2.45) is 0 Å². The number of rotatable bonds is 2. The van der Waals surface area contributed by atoms with Gasteiger partial charge in [-0.05, 0) is 42.5 Å². The van der Waals surface area contributed by atoms with E-state index in [1.807, 2.05) is 11.8 Å². The lowest BCUT2D eigenvalue weighted by atomic mass is 9.87. The molecule has 1 aliphatic rings. The van der Waals surface area contributed by atoms with Gasteiger partial charge < -0.3 is 5.32 Å². The van der Waals surface area contributed by atoms with Crippen molar-refractivity contribution in [3.63, 3.8) is 0 Å². The Morgan fingerprint density at radius 2 is 1.88 bits per heavy atom. The van der Waals surface area contributed by atoms with Crippen molar-refractivity contribution in [1.29, 1.82) is 0 Å². The molecule has 1 aliphatic heterocycles. The first kappa shape index (κ1) is 12.0. The van der Waals surface area contributed by atoms with E-state index < -0.39 is 0 Å².